The van der Waals surface area contributed by atoms with E-state index in [1.165, 1.54) is 0 Å². The van der Waals surface area contributed by atoms with E-state index < -0.39 is 5.63 Å². The number of nitrogens with zero attached hydrogens (tertiary/aromatic N) is 1. The van der Waals surface area contributed by atoms with Crippen LogP contribution in [0.2, 0.25) is 0 Å². The molecule has 4 rings (SSSR count). The van der Waals surface area contributed by atoms with Crippen LogP contribution >= 0.6 is 0 Å². The lowest BCUT2D eigenvalue weighted by atomic mass is 9.97. The molecule has 1 amide bonds. The maximum absolute atomic E-state index is 13.9. The first kappa shape index (κ1) is 21.4. The quantitative estimate of drug-likeness (QED) is 0.368. The van der Waals surface area contributed by atoms with Crippen molar-refractivity contribution in [2.45, 2.75) is 20.3 Å². The smallest absolute Gasteiger partial charge is 0.344 e. The summed E-state index contributed by atoms with van der Waals surface area (Å²) in [6.07, 6.45) is 0.727. The first-order valence-electron chi connectivity index (χ1n) is 10.8. The van der Waals surface area contributed by atoms with E-state index in [4.69, 9.17) is 9.15 Å². The molecule has 3 aromatic carbocycles. The van der Waals surface area contributed by atoms with Gasteiger partial charge in [0, 0.05) is 17.5 Å². The van der Waals surface area contributed by atoms with Gasteiger partial charge in [-0.2, -0.15) is 0 Å². The number of ether oxygens (including phenoxy) is 1. The minimum Gasteiger partial charge on any atom is -0.492 e. The number of carbonyl (C=O) groups excluding carboxylic acids is 1. The maximum atomic E-state index is 13.9. The van der Waals surface area contributed by atoms with Gasteiger partial charge in [0.15, 0.2) is 0 Å². The highest BCUT2D eigenvalue weighted by molar-refractivity contribution is 6.13. The molecule has 0 bridgehead atoms. The molecule has 0 spiro atoms. The van der Waals surface area contributed by atoms with Gasteiger partial charge in [-0.25, -0.2) is 4.79 Å². The van der Waals surface area contributed by atoms with Gasteiger partial charge in [0.05, 0.1) is 17.7 Å². The zero-order chi connectivity index (χ0) is 22.5. The molecule has 0 aliphatic heterocycles. The van der Waals surface area contributed by atoms with Gasteiger partial charge in [-0.05, 0) is 37.1 Å². The monoisotopic (exact) mass is 427 g/mol. The normalized spacial score (nSPS) is 10.8. The molecule has 0 atom stereocenters. The Morgan fingerprint density at radius 2 is 1.53 bits per heavy atom. The molecule has 5 nitrogen and oxygen atoms in total. The number of rotatable bonds is 7. The summed E-state index contributed by atoms with van der Waals surface area (Å²) >= 11 is 0. The lowest BCUT2D eigenvalue weighted by Crippen LogP contribution is -2.33. The lowest BCUT2D eigenvalue weighted by Gasteiger charge is -2.25. The van der Waals surface area contributed by atoms with E-state index in [9.17, 15) is 9.59 Å². The second-order valence-electron chi connectivity index (χ2n) is 7.36. The summed E-state index contributed by atoms with van der Waals surface area (Å²) in [6.45, 7) is 4.83. The highest BCUT2D eigenvalue weighted by Gasteiger charge is 2.27. The summed E-state index contributed by atoms with van der Waals surface area (Å²) < 4.78 is 11.5. The van der Waals surface area contributed by atoms with Gasteiger partial charge in [0.25, 0.3) is 5.91 Å². The molecule has 5 heteroatoms. The van der Waals surface area contributed by atoms with Crippen LogP contribution in [-0.4, -0.2) is 19.1 Å². The molecule has 32 heavy (non-hydrogen) atoms. The van der Waals surface area contributed by atoms with Crippen LogP contribution in [-0.2, 0) is 0 Å². The standard InChI is InChI=1S/C27H25NO4/c1-3-18-28(22-16-10-11-17-23(22)31-4-2)26(29)25-24(19-12-6-5-7-13-19)20-14-8-9-15-21(20)27(30)32-25/h5-17H,3-4,18H2,1-2H3. The molecule has 0 N–H and O–H groups in total. The summed E-state index contributed by atoms with van der Waals surface area (Å²) in [5, 5.41) is 1.13. The van der Waals surface area contributed by atoms with Crippen molar-refractivity contribution in [3.05, 3.63) is 95.0 Å². The Morgan fingerprint density at radius 3 is 2.25 bits per heavy atom. The van der Waals surface area contributed by atoms with Crippen LogP contribution in [0.3, 0.4) is 0 Å². The van der Waals surface area contributed by atoms with Crippen molar-refractivity contribution in [3.8, 4) is 16.9 Å². The van der Waals surface area contributed by atoms with E-state index in [0.29, 0.717) is 40.9 Å². The van der Waals surface area contributed by atoms with E-state index in [-0.39, 0.29) is 11.7 Å². The minimum atomic E-state index is -0.529. The molecular weight excluding hydrogens is 402 g/mol. The Hall–Kier alpha value is -3.86. The van der Waals surface area contributed by atoms with Crippen LogP contribution in [0, 0.1) is 0 Å². The van der Waals surface area contributed by atoms with Crippen molar-refractivity contribution in [1.29, 1.82) is 0 Å². The zero-order valence-electron chi connectivity index (χ0n) is 18.2. The average Bonchev–Trinajstić information content (AvgIpc) is 2.83. The van der Waals surface area contributed by atoms with E-state index in [0.717, 1.165) is 12.0 Å². The average molecular weight is 428 g/mol. The third-order valence-corrected chi connectivity index (χ3v) is 5.24. The van der Waals surface area contributed by atoms with Gasteiger partial charge >= 0.3 is 5.63 Å². The second-order valence-corrected chi connectivity index (χ2v) is 7.36. The molecule has 0 saturated heterocycles. The number of hydrogen-bond acceptors (Lipinski definition) is 4. The Kier molecular flexibility index (Phi) is 6.36. The number of anilines is 1. The molecular formula is C27H25NO4. The molecule has 0 unspecified atom stereocenters. The van der Waals surface area contributed by atoms with Crippen LogP contribution in [0.1, 0.15) is 30.8 Å². The largest absolute Gasteiger partial charge is 0.492 e. The molecule has 0 radical (unpaired) electrons. The fraction of sp³-hybridized carbons (Fsp3) is 0.185. The minimum absolute atomic E-state index is 0.0275. The van der Waals surface area contributed by atoms with Gasteiger partial charge < -0.3 is 14.1 Å². The first-order valence-corrected chi connectivity index (χ1v) is 10.8. The van der Waals surface area contributed by atoms with Crippen LogP contribution < -0.4 is 15.3 Å². The predicted molar refractivity (Wildman–Crippen MR) is 127 cm³/mol. The van der Waals surface area contributed by atoms with Gasteiger partial charge in [0.1, 0.15) is 5.75 Å². The Bertz CT molecular complexity index is 1290. The fourth-order valence-corrected chi connectivity index (χ4v) is 3.88. The molecule has 4 aromatic rings. The molecule has 1 aromatic heterocycles. The summed E-state index contributed by atoms with van der Waals surface area (Å²) in [4.78, 5) is 28.4. The Balaban J connectivity index is 1.96. The topological polar surface area (TPSA) is 59.8 Å². The lowest BCUT2D eigenvalue weighted by molar-refractivity contribution is 0.0956. The summed E-state index contributed by atoms with van der Waals surface area (Å²) in [5.74, 6) is 0.265. The highest BCUT2D eigenvalue weighted by Crippen LogP contribution is 2.34. The summed E-state index contributed by atoms with van der Waals surface area (Å²) in [6, 6.07) is 24.2. The number of fused-ring (bicyclic) bond motifs is 1. The van der Waals surface area contributed by atoms with Gasteiger partial charge in [-0.15, -0.1) is 0 Å². The first-order chi connectivity index (χ1) is 15.7. The van der Waals surface area contributed by atoms with Crippen molar-refractivity contribution in [1.82, 2.24) is 0 Å². The van der Waals surface area contributed by atoms with Crippen LogP contribution in [0.25, 0.3) is 21.9 Å². The number of amides is 1. The number of hydrogen-bond donors (Lipinski definition) is 0. The van der Waals surface area contributed by atoms with Crippen molar-refractivity contribution in [2.24, 2.45) is 0 Å². The van der Waals surface area contributed by atoms with Gasteiger partial charge in [-0.1, -0.05) is 67.6 Å². The van der Waals surface area contributed by atoms with E-state index in [1.54, 1.807) is 17.0 Å². The van der Waals surface area contributed by atoms with E-state index in [1.807, 2.05) is 80.6 Å². The Morgan fingerprint density at radius 1 is 0.875 bits per heavy atom. The van der Waals surface area contributed by atoms with Crippen molar-refractivity contribution in [3.63, 3.8) is 0 Å². The number of benzene rings is 3. The van der Waals surface area contributed by atoms with Crippen LogP contribution in [0.4, 0.5) is 5.69 Å². The fourth-order valence-electron chi connectivity index (χ4n) is 3.88. The summed E-state index contributed by atoms with van der Waals surface area (Å²) in [7, 11) is 0. The molecule has 1 heterocycles. The Labute approximate surface area is 186 Å². The zero-order valence-corrected chi connectivity index (χ0v) is 18.2. The molecule has 0 aliphatic carbocycles. The third kappa shape index (κ3) is 4.02. The highest BCUT2D eigenvalue weighted by atomic mass is 16.5. The van der Waals surface area contributed by atoms with E-state index >= 15 is 0 Å². The predicted octanol–water partition coefficient (Wildman–Crippen LogP) is 5.92. The summed E-state index contributed by atoms with van der Waals surface area (Å²) in [5.41, 5.74) is 1.54. The third-order valence-electron chi connectivity index (χ3n) is 5.24. The van der Waals surface area contributed by atoms with Crippen molar-refractivity contribution in [2.75, 3.05) is 18.1 Å². The van der Waals surface area contributed by atoms with Crippen molar-refractivity contribution < 1.29 is 13.9 Å². The number of para-hydroxylation sites is 2. The second kappa shape index (κ2) is 9.52. The maximum Gasteiger partial charge on any atom is 0.344 e. The molecule has 0 fully saturated rings. The van der Waals surface area contributed by atoms with Gasteiger partial charge in [-0.3, -0.25) is 4.79 Å². The molecule has 162 valence electrons. The van der Waals surface area contributed by atoms with E-state index in [2.05, 4.69) is 0 Å². The SMILES string of the molecule is CCCN(C(=O)c1oc(=O)c2ccccc2c1-c1ccccc1)c1ccccc1OCC. The molecule has 0 saturated carbocycles. The molecule has 0 aliphatic rings. The number of carbonyl (C=O) groups is 1. The van der Waals surface area contributed by atoms with Crippen LogP contribution in [0.5, 0.6) is 5.75 Å². The van der Waals surface area contributed by atoms with Gasteiger partial charge in [0.2, 0.25) is 5.76 Å². The van der Waals surface area contributed by atoms with Crippen LogP contribution in [0.15, 0.2) is 88.1 Å². The van der Waals surface area contributed by atoms with Crippen molar-refractivity contribution >= 4 is 22.4 Å².